The Balaban J connectivity index is 0.00000208. The van der Waals surface area contributed by atoms with Crippen LogP contribution in [0, 0.1) is 5.92 Å². The molecule has 7 heteroatoms. The summed E-state index contributed by atoms with van der Waals surface area (Å²) in [5.74, 6) is 0.634. The number of hydrogen-bond acceptors (Lipinski definition) is 3. The molecule has 1 atom stereocenters. The second-order valence-electron chi connectivity index (χ2n) is 6.39. The number of piperazine rings is 1. The van der Waals surface area contributed by atoms with Crippen LogP contribution in [-0.4, -0.2) is 36.6 Å². The molecule has 1 aromatic rings. The first-order chi connectivity index (χ1) is 11.0. The molecule has 136 valence electrons. The predicted octanol–water partition coefficient (Wildman–Crippen LogP) is 4.86. The topological polar surface area (TPSA) is 15.3 Å². The molecule has 0 bridgehead atoms. The Hall–Kier alpha value is -0.430. The summed E-state index contributed by atoms with van der Waals surface area (Å²) in [5, 5.41) is 3.38. The Morgan fingerprint density at radius 3 is 2.17 bits per heavy atom. The summed E-state index contributed by atoms with van der Waals surface area (Å²) in [6.07, 6.45) is 5.01. The molecule has 1 N–H and O–H groups in total. The Morgan fingerprint density at radius 1 is 1.04 bits per heavy atom. The zero-order valence-electron chi connectivity index (χ0n) is 13.5. The molecular formula is C17H24ClF3N2S. The van der Waals surface area contributed by atoms with Gasteiger partial charge in [-0.15, -0.1) is 12.4 Å². The maximum absolute atomic E-state index is 12.5. The lowest BCUT2D eigenvalue weighted by Gasteiger charge is -2.38. The van der Waals surface area contributed by atoms with Crippen molar-refractivity contribution >= 4 is 24.2 Å². The molecule has 2 fully saturated rings. The van der Waals surface area contributed by atoms with Gasteiger partial charge in [0.1, 0.15) is 0 Å². The normalized spacial score (nSPS) is 21.5. The number of rotatable bonds is 4. The van der Waals surface area contributed by atoms with Crippen molar-refractivity contribution in [2.24, 2.45) is 5.92 Å². The van der Waals surface area contributed by atoms with Crippen molar-refractivity contribution in [2.75, 3.05) is 26.2 Å². The third kappa shape index (κ3) is 5.28. The maximum atomic E-state index is 12.5. The van der Waals surface area contributed by atoms with Crippen LogP contribution in [0.4, 0.5) is 13.2 Å². The highest BCUT2D eigenvalue weighted by Crippen LogP contribution is 2.41. The van der Waals surface area contributed by atoms with Crippen molar-refractivity contribution in [3.63, 3.8) is 0 Å². The van der Waals surface area contributed by atoms with Gasteiger partial charge in [0.2, 0.25) is 0 Å². The van der Waals surface area contributed by atoms with Gasteiger partial charge >= 0.3 is 5.51 Å². The Kier molecular flexibility index (Phi) is 7.28. The second kappa shape index (κ2) is 8.79. The first kappa shape index (κ1) is 19.9. The third-order valence-corrected chi connectivity index (χ3v) is 5.59. The first-order valence-electron chi connectivity index (χ1n) is 8.33. The van der Waals surface area contributed by atoms with Crippen LogP contribution in [-0.2, 0) is 0 Å². The van der Waals surface area contributed by atoms with Crippen LogP contribution >= 0.6 is 24.2 Å². The number of alkyl halides is 3. The Bertz CT molecular complexity index is 498. The van der Waals surface area contributed by atoms with Crippen molar-refractivity contribution < 1.29 is 13.2 Å². The standard InChI is InChI=1S/C17H23F3N2S.ClH/c18-17(19,20)23-15-7-5-14(6-8-15)16(13-3-1-2-4-13)22-11-9-21-10-12-22;/h5-8,13,16,21H,1-4,9-12H2;1H/t16-;/m1./s1. The summed E-state index contributed by atoms with van der Waals surface area (Å²) in [4.78, 5) is 2.78. The molecule has 1 saturated heterocycles. The molecule has 1 aromatic carbocycles. The molecule has 1 saturated carbocycles. The fourth-order valence-corrected chi connectivity index (χ4v) is 4.42. The minimum Gasteiger partial charge on any atom is -0.314 e. The number of nitrogens with zero attached hydrogens (tertiary/aromatic N) is 1. The molecule has 0 aromatic heterocycles. The third-order valence-electron chi connectivity index (χ3n) is 4.85. The fourth-order valence-electron chi connectivity index (χ4n) is 3.88. The van der Waals surface area contributed by atoms with Crippen LogP contribution in [0.25, 0.3) is 0 Å². The van der Waals surface area contributed by atoms with Crippen molar-refractivity contribution in [1.82, 2.24) is 10.2 Å². The van der Waals surface area contributed by atoms with E-state index in [0.717, 1.165) is 26.2 Å². The van der Waals surface area contributed by atoms with Crippen molar-refractivity contribution in [3.8, 4) is 0 Å². The average Bonchev–Trinajstić information content (AvgIpc) is 3.03. The number of hydrogen-bond donors (Lipinski definition) is 1. The lowest BCUT2D eigenvalue weighted by molar-refractivity contribution is -0.0328. The van der Waals surface area contributed by atoms with E-state index in [2.05, 4.69) is 10.2 Å². The summed E-state index contributed by atoms with van der Waals surface area (Å²) in [6, 6.07) is 7.40. The fraction of sp³-hybridized carbons (Fsp3) is 0.647. The van der Waals surface area contributed by atoms with Crippen molar-refractivity contribution in [1.29, 1.82) is 0 Å². The van der Waals surface area contributed by atoms with Gasteiger partial charge in [0.15, 0.2) is 0 Å². The van der Waals surface area contributed by atoms with Gasteiger partial charge < -0.3 is 5.32 Å². The second-order valence-corrected chi connectivity index (χ2v) is 7.53. The van der Waals surface area contributed by atoms with E-state index >= 15 is 0 Å². The predicted molar refractivity (Wildman–Crippen MR) is 94.7 cm³/mol. The van der Waals surface area contributed by atoms with Crippen molar-refractivity contribution in [2.45, 2.75) is 42.1 Å². The van der Waals surface area contributed by atoms with Gasteiger partial charge in [-0.25, -0.2) is 0 Å². The van der Waals surface area contributed by atoms with Gasteiger partial charge in [-0.1, -0.05) is 25.0 Å². The van der Waals surface area contributed by atoms with Gasteiger partial charge in [0, 0.05) is 37.1 Å². The summed E-state index contributed by atoms with van der Waals surface area (Å²) in [7, 11) is 0. The van der Waals surface area contributed by atoms with Gasteiger partial charge in [-0.3, -0.25) is 4.90 Å². The summed E-state index contributed by atoms with van der Waals surface area (Å²) >= 11 is -0.0346. The highest BCUT2D eigenvalue weighted by atomic mass is 35.5. The van der Waals surface area contributed by atoms with Crippen molar-refractivity contribution in [3.05, 3.63) is 29.8 Å². The van der Waals surface area contributed by atoms with Gasteiger partial charge in [0.05, 0.1) is 0 Å². The van der Waals surface area contributed by atoms with E-state index in [1.54, 1.807) is 12.1 Å². The molecule has 0 unspecified atom stereocenters. The van der Waals surface area contributed by atoms with Gasteiger partial charge in [0.25, 0.3) is 0 Å². The molecule has 1 aliphatic carbocycles. The summed E-state index contributed by atoms with van der Waals surface area (Å²) < 4.78 is 37.5. The van der Waals surface area contributed by atoms with Crippen LogP contribution < -0.4 is 5.32 Å². The van der Waals surface area contributed by atoms with E-state index in [-0.39, 0.29) is 29.1 Å². The molecular weight excluding hydrogens is 357 g/mol. The van der Waals surface area contributed by atoms with E-state index in [1.165, 1.54) is 31.2 Å². The maximum Gasteiger partial charge on any atom is 0.446 e. The molecule has 0 radical (unpaired) electrons. The largest absolute Gasteiger partial charge is 0.446 e. The highest BCUT2D eigenvalue weighted by Gasteiger charge is 2.32. The Labute approximate surface area is 152 Å². The smallest absolute Gasteiger partial charge is 0.314 e. The monoisotopic (exact) mass is 380 g/mol. The lowest BCUT2D eigenvalue weighted by atomic mass is 9.90. The molecule has 1 heterocycles. The zero-order valence-corrected chi connectivity index (χ0v) is 15.2. The van der Waals surface area contributed by atoms with Crippen LogP contribution in [0.1, 0.15) is 37.3 Å². The molecule has 2 aliphatic rings. The van der Waals surface area contributed by atoms with Crippen LogP contribution in [0.3, 0.4) is 0 Å². The van der Waals surface area contributed by atoms with E-state index in [1.807, 2.05) is 12.1 Å². The van der Waals surface area contributed by atoms with Crippen LogP contribution in [0.5, 0.6) is 0 Å². The number of benzene rings is 1. The summed E-state index contributed by atoms with van der Waals surface area (Å²) in [5.41, 5.74) is -3.05. The molecule has 1 aliphatic heterocycles. The summed E-state index contributed by atoms with van der Waals surface area (Å²) in [6.45, 7) is 4.01. The minimum absolute atomic E-state index is 0. The Morgan fingerprint density at radius 2 is 1.62 bits per heavy atom. The van der Waals surface area contributed by atoms with Gasteiger partial charge in [-0.05, 0) is 48.2 Å². The van der Waals surface area contributed by atoms with Gasteiger partial charge in [-0.2, -0.15) is 13.2 Å². The number of halogens is 4. The highest BCUT2D eigenvalue weighted by molar-refractivity contribution is 8.00. The molecule has 24 heavy (non-hydrogen) atoms. The molecule has 0 spiro atoms. The molecule has 3 rings (SSSR count). The number of nitrogens with one attached hydrogen (secondary N) is 1. The van der Waals surface area contributed by atoms with E-state index in [0.29, 0.717) is 12.0 Å². The van der Waals surface area contributed by atoms with E-state index in [4.69, 9.17) is 0 Å². The van der Waals surface area contributed by atoms with Crippen LogP contribution in [0.2, 0.25) is 0 Å². The zero-order chi connectivity index (χ0) is 16.3. The number of thioether (sulfide) groups is 1. The molecule has 2 nitrogen and oxygen atoms in total. The minimum atomic E-state index is -4.22. The molecule has 0 amide bonds. The first-order valence-corrected chi connectivity index (χ1v) is 9.15. The average molecular weight is 381 g/mol. The quantitative estimate of drug-likeness (QED) is 0.751. The lowest BCUT2D eigenvalue weighted by Crippen LogP contribution is -2.46. The van der Waals surface area contributed by atoms with Crippen LogP contribution in [0.15, 0.2) is 29.2 Å². The van der Waals surface area contributed by atoms with E-state index in [9.17, 15) is 13.2 Å². The SMILES string of the molecule is Cl.FC(F)(F)Sc1ccc([C@@H](C2CCCC2)N2CCNCC2)cc1. The van der Waals surface area contributed by atoms with E-state index < -0.39 is 5.51 Å².